The molecule has 2 heterocycles. The van der Waals surface area contributed by atoms with Crippen molar-refractivity contribution in [2.75, 3.05) is 0 Å². The zero-order valence-electron chi connectivity index (χ0n) is 18.4. The van der Waals surface area contributed by atoms with Gasteiger partial charge in [-0.1, -0.05) is 68.8 Å². The van der Waals surface area contributed by atoms with Crippen LogP contribution >= 0.6 is 0 Å². The van der Waals surface area contributed by atoms with Crippen LogP contribution in [-0.2, 0) is 26.2 Å². The zero-order chi connectivity index (χ0) is 22.5. The van der Waals surface area contributed by atoms with Gasteiger partial charge in [-0.25, -0.2) is 9.18 Å². The third-order valence-electron chi connectivity index (χ3n) is 5.63. The largest absolute Gasteiger partial charge is 0.328 e. The van der Waals surface area contributed by atoms with Gasteiger partial charge in [0, 0.05) is 17.8 Å². The van der Waals surface area contributed by atoms with Gasteiger partial charge in [0.05, 0.1) is 12.2 Å². The standard InChI is InChI=1S/C24H27FN6O/c1-3-7-21-22(15-25)30(14-4-2)24(32)31(21)16-17-10-12-18(13-11-17)19-8-5-6-9-20(19)23-26-28-29-27-23/h5-6,8-13H,3-4,7,14-16H2,1-2H3,(H,26,27,28,29). The number of rotatable bonds is 9. The molecule has 0 fully saturated rings. The van der Waals surface area contributed by atoms with E-state index in [2.05, 4.69) is 20.6 Å². The predicted molar refractivity (Wildman–Crippen MR) is 122 cm³/mol. The Balaban J connectivity index is 1.67. The van der Waals surface area contributed by atoms with Crippen molar-refractivity contribution in [2.24, 2.45) is 0 Å². The molecule has 0 aliphatic heterocycles. The molecule has 7 nitrogen and oxygen atoms in total. The number of tetrazole rings is 1. The van der Waals surface area contributed by atoms with Gasteiger partial charge in [0.25, 0.3) is 0 Å². The minimum absolute atomic E-state index is 0.130. The molecule has 0 spiro atoms. The molecule has 8 heteroatoms. The molecule has 0 saturated carbocycles. The molecule has 166 valence electrons. The van der Waals surface area contributed by atoms with Crippen LogP contribution in [-0.4, -0.2) is 29.8 Å². The first-order valence-corrected chi connectivity index (χ1v) is 11.0. The van der Waals surface area contributed by atoms with E-state index in [0.29, 0.717) is 31.0 Å². The molecule has 4 rings (SSSR count). The van der Waals surface area contributed by atoms with Crippen LogP contribution in [0.15, 0.2) is 53.3 Å². The number of hydrogen-bond acceptors (Lipinski definition) is 4. The van der Waals surface area contributed by atoms with Gasteiger partial charge < -0.3 is 0 Å². The van der Waals surface area contributed by atoms with Crippen LogP contribution in [0.3, 0.4) is 0 Å². The van der Waals surface area contributed by atoms with E-state index < -0.39 is 6.67 Å². The van der Waals surface area contributed by atoms with Crippen molar-refractivity contribution >= 4 is 0 Å². The first-order chi connectivity index (χ1) is 15.7. The lowest BCUT2D eigenvalue weighted by Gasteiger charge is -2.10. The summed E-state index contributed by atoms with van der Waals surface area (Å²) in [7, 11) is 0. The molecule has 0 radical (unpaired) electrons. The van der Waals surface area contributed by atoms with Crippen LogP contribution < -0.4 is 5.69 Å². The molecule has 0 aliphatic carbocycles. The molecular formula is C24H27FN6O. The summed E-state index contributed by atoms with van der Waals surface area (Å²) < 4.78 is 17.2. The molecule has 0 saturated heterocycles. The number of halogens is 1. The van der Waals surface area contributed by atoms with E-state index in [1.54, 1.807) is 9.13 Å². The lowest BCUT2D eigenvalue weighted by Crippen LogP contribution is -2.26. The Morgan fingerprint density at radius 3 is 2.31 bits per heavy atom. The summed E-state index contributed by atoms with van der Waals surface area (Å²) in [5.41, 5.74) is 5.09. The number of H-pyrrole nitrogens is 1. The van der Waals surface area contributed by atoms with Gasteiger partial charge in [-0.15, -0.1) is 10.2 Å². The first-order valence-electron chi connectivity index (χ1n) is 11.0. The number of nitrogens with zero attached hydrogens (tertiary/aromatic N) is 5. The number of nitrogens with one attached hydrogen (secondary N) is 1. The molecule has 2 aromatic heterocycles. The molecule has 0 aliphatic rings. The van der Waals surface area contributed by atoms with E-state index in [9.17, 15) is 9.18 Å². The highest BCUT2D eigenvalue weighted by Crippen LogP contribution is 2.29. The molecule has 0 unspecified atom stereocenters. The van der Waals surface area contributed by atoms with Crippen molar-refractivity contribution in [3.8, 4) is 22.5 Å². The normalized spacial score (nSPS) is 11.2. The third kappa shape index (κ3) is 4.12. The lowest BCUT2D eigenvalue weighted by atomic mass is 9.98. The summed E-state index contributed by atoms with van der Waals surface area (Å²) in [6, 6.07) is 16.0. The van der Waals surface area contributed by atoms with Crippen molar-refractivity contribution < 1.29 is 4.39 Å². The van der Waals surface area contributed by atoms with Crippen molar-refractivity contribution in [3.63, 3.8) is 0 Å². The van der Waals surface area contributed by atoms with Crippen LogP contribution in [0, 0.1) is 0 Å². The summed E-state index contributed by atoms with van der Waals surface area (Å²) in [6.07, 6.45) is 2.33. The van der Waals surface area contributed by atoms with Crippen molar-refractivity contribution in [1.29, 1.82) is 0 Å². The third-order valence-corrected chi connectivity index (χ3v) is 5.63. The van der Waals surface area contributed by atoms with Gasteiger partial charge in [-0.3, -0.25) is 9.13 Å². The Labute approximate surface area is 185 Å². The molecule has 2 aromatic carbocycles. The summed E-state index contributed by atoms with van der Waals surface area (Å²) in [6.45, 7) is 4.38. The maximum atomic E-state index is 13.8. The van der Waals surface area contributed by atoms with Crippen LogP contribution in [0.4, 0.5) is 4.39 Å². The fraction of sp³-hybridized carbons (Fsp3) is 0.333. The number of aromatic amines is 1. The van der Waals surface area contributed by atoms with Gasteiger partial charge in [0.15, 0.2) is 0 Å². The van der Waals surface area contributed by atoms with Crippen LogP contribution in [0.5, 0.6) is 0 Å². The number of aromatic nitrogens is 6. The van der Waals surface area contributed by atoms with Gasteiger partial charge in [-0.05, 0) is 34.7 Å². The summed E-state index contributed by atoms with van der Waals surface area (Å²) >= 11 is 0. The second kappa shape index (κ2) is 9.72. The SMILES string of the molecule is CCCc1c(CF)n(CCC)c(=O)n1Cc1ccc(-c2ccccc2-c2nn[nH]n2)cc1. The highest BCUT2D eigenvalue weighted by atomic mass is 19.1. The minimum atomic E-state index is -0.622. The fourth-order valence-corrected chi connectivity index (χ4v) is 4.15. The fourth-order valence-electron chi connectivity index (χ4n) is 4.15. The second-order valence-electron chi connectivity index (χ2n) is 7.78. The van der Waals surface area contributed by atoms with Crippen molar-refractivity contribution in [3.05, 3.63) is 76.0 Å². The molecular weight excluding hydrogens is 407 g/mol. The molecule has 0 amide bonds. The van der Waals surface area contributed by atoms with Crippen LogP contribution in [0.2, 0.25) is 0 Å². The number of benzene rings is 2. The number of imidazole rings is 1. The van der Waals surface area contributed by atoms with E-state index >= 15 is 0 Å². The first kappa shape index (κ1) is 21.7. The monoisotopic (exact) mass is 434 g/mol. The van der Waals surface area contributed by atoms with Gasteiger partial charge in [0.1, 0.15) is 6.67 Å². The highest BCUT2D eigenvalue weighted by molar-refractivity contribution is 5.80. The Morgan fingerprint density at radius 1 is 0.938 bits per heavy atom. The van der Waals surface area contributed by atoms with Gasteiger partial charge in [0.2, 0.25) is 5.82 Å². The molecule has 0 atom stereocenters. The van der Waals surface area contributed by atoms with Crippen LogP contribution in [0.25, 0.3) is 22.5 Å². The molecule has 0 bridgehead atoms. The zero-order valence-corrected chi connectivity index (χ0v) is 18.4. The van der Waals surface area contributed by atoms with E-state index in [4.69, 9.17) is 0 Å². The topological polar surface area (TPSA) is 81.4 Å². The van der Waals surface area contributed by atoms with E-state index in [-0.39, 0.29) is 5.69 Å². The average molecular weight is 435 g/mol. The second-order valence-corrected chi connectivity index (χ2v) is 7.78. The van der Waals surface area contributed by atoms with Crippen molar-refractivity contribution in [1.82, 2.24) is 29.8 Å². The highest BCUT2D eigenvalue weighted by Gasteiger charge is 2.19. The van der Waals surface area contributed by atoms with Crippen LogP contribution in [0.1, 0.15) is 43.6 Å². The predicted octanol–water partition coefficient (Wildman–Crippen LogP) is 4.38. The minimum Gasteiger partial charge on any atom is -0.293 e. The molecule has 32 heavy (non-hydrogen) atoms. The maximum absolute atomic E-state index is 13.8. The molecule has 4 aromatic rings. The number of alkyl halides is 1. The summed E-state index contributed by atoms with van der Waals surface area (Å²) in [5, 5.41) is 14.3. The molecule has 1 N–H and O–H groups in total. The smallest absolute Gasteiger partial charge is 0.293 e. The Bertz CT molecular complexity index is 1220. The Morgan fingerprint density at radius 2 is 1.69 bits per heavy atom. The Kier molecular flexibility index (Phi) is 6.58. The van der Waals surface area contributed by atoms with E-state index in [1.807, 2.05) is 62.4 Å². The van der Waals surface area contributed by atoms with E-state index in [0.717, 1.165) is 40.8 Å². The maximum Gasteiger partial charge on any atom is 0.328 e. The van der Waals surface area contributed by atoms with Gasteiger partial charge in [-0.2, -0.15) is 5.21 Å². The average Bonchev–Trinajstić information content (AvgIpc) is 3.44. The quantitative estimate of drug-likeness (QED) is 0.424. The van der Waals surface area contributed by atoms with Crippen molar-refractivity contribution in [2.45, 2.75) is 52.9 Å². The summed E-state index contributed by atoms with van der Waals surface area (Å²) in [4.78, 5) is 13.0. The summed E-state index contributed by atoms with van der Waals surface area (Å²) in [5.74, 6) is 0.538. The number of hydrogen-bond donors (Lipinski definition) is 1. The Hall–Kier alpha value is -3.55. The lowest BCUT2D eigenvalue weighted by molar-refractivity contribution is 0.449. The van der Waals surface area contributed by atoms with E-state index in [1.165, 1.54) is 0 Å². The van der Waals surface area contributed by atoms with Gasteiger partial charge >= 0.3 is 5.69 Å².